The van der Waals surface area contributed by atoms with Crippen LogP contribution >= 0.6 is 0 Å². The zero-order chi connectivity index (χ0) is 16.2. The summed E-state index contributed by atoms with van der Waals surface area (Å²) in [5.74, 6) is 0. The van der Waals surface area contributed by atoms with Crippen molar-refractivity contribution in [2.75, 3.05) is 26.7 Å². The van der Waals surface area contributed by atoms with E-state index < -0.39 is 10.0 Å². The van der Waals surface area contributed by atoms with Crippen molar-refractivity contribution in [3.63, 3.8) is 0 Å². The van der Waals surface area contributed by atoms with Crippen molar-refractivity contribution in [2.24, 2.45) is 0 Å². The molecule has 7 nitrogen and oxygen atoms in total. The number of amides is 2. The van der Waals surface area contributed by atoms with Gasteiger partial charge in [0, 0.05) is 19.6 Å². The van der Waals surface area contributed by atoms with Gasteiger partial charge in [0.25, 0.3) is 0 Å². The molecule has 0 radical (unpaired) electrons. The summed E-state index contributed by atoms with van der Waals surface area (Å²) in [7, 11) is -2.06. The summed E-state index contributed by atoms with van der Waals surface area (Å²) in [5.41, 5.74) is 0.838. The highest BCUT2D eigenvalue weighted by atomic mass is 32.2. The van der Waals surface area contributed by atoms with E-state index in [0.29, 0.717) is 26.2 Å². The number of carbonyl (C=O) groups is 1. The van der Waals surface area contributed by atoms with Gasteiger partial charge in [0.05, 0.1) is 17.6 Å². The van der Waals surface area contributed by atoms with Crippen LogP contribution in [0.15, 0.2) is 29.2 Å². The van der Waals surface area contributed by atoms with Crippen molar-refractivity contribution in [2.45, 2.75) is 24.5 Å². The second-order valence-electron chi connectivity index (χ2n) is 5.14. The first-order chi connectivity index (χ1) is 10.4. The number of nitrogens with one attached hydrogen (secondary N) is 2. The maximum atomic E-state index is 12.0. The van der Waals surface area contributed by atoms with Crippen molar-refractivity contribution >= 4 is 16.1 Å². The summed E-state index contributed by atoms with van der Waals surface area (Å²) < 4.78 is 30.9. The molecular formula is C14H21N3O4S. The number of urea groups is 1. The van der Waals surface area contributed by atoms with Crippen molar-refractivity contribution in [1.29, 1.82) is 0 Å². The van der Waals surface area contributed by atoms with Gasteiger partial charge in [-0.2, -0.15) is 0 Å². The van der Waals surface area contributed by atoms with Crippen LogP contribution in [0.3, 0.4) is 0 Å². The highest BCUT2D eigenvalue weighted by Crippen LogP contribution is 2.10. The number of sulfonamides is 1. The summed E-state index contributed by atoms with van der Waals surface area (Å²) in [6, 6.07) is 6.27. The van der Waals surface area contributed by atoms with Crippen molar-refractivity contribution < 1.29 is 17.9 Å². The predicted octanol–water partition coefficient (Wildman–Crippen LogP) is 0.525. The molecule has 1 aromatic rings. The van der Waals surface area contributed by atoms with Gasteiger partial charge in [-0.3, -0.25) is 0 Å². The molecule has 2 N–H and O–H groups in total. The molecule has 1 aliphatic rings. The molecular weight excluding hydrogens is 306 g/mol. The van der Waals surface area contributed by atoms with Gasteiger partial charge in [-0.05, 0) is 31.7 Å². The third-order valence-corrected chi connectivity index (χ3v) is 4.90. The average Bonchev–Trinajstić information content (AvgIpc) is 2.53. The molecule has 1 saturated heterocycles. The van der Waals surface area contributed by atoms with Gasteiger partial charge < -0.3 is 15.0 Å². The molecule has 1 atom stereocenters. The standard InChI is InChI=1S/C14H21N3O4S/c1-11-10-17(7-8-21-11)14(18)16-9-12-3-5-13(6-4-12)22(19,20)15-2/h3-6,11,15H,7-10H2,1-2H3,(H,16,18)/t11-/m0/s1. The summed E-state index contributed by atoms with van der Waals surface area (Å²) in [5, 5.41) is 2.83. The fourth-order valence-corrected chi connectivity index (χ4v) is 2.93. The second kappa shape index (κ2) is 7.08. The average molecular weight is 327 g/mol. The van der Waals surface area contributed by atoms with E-state index >= 15 is 0 Å². The van der Waals surface area contributed by atoms with Gasteiger partial charge in [-0.15, -0.1) is 0 Å². The van der Waals surface area contributed by atoms with E-state index in [0.717, 1.165) is 5.56 Å². The van der Waals surface area contributed by atoms with Gasteiger partial charge in [0.15, 0.2) is 0 Å². The third kappa shape index (κ3) is 4.19. The van der Waals surface area contributed by atoms with Gasteiger partial charge in [-0.1, -0.05) is 12.1 Å². The summed E-state index contributed by atoms with van der Waals surface area (Å²) in [6.07, 6.45) is 0.0468. The molecule has 2 amide bonds. The molecule has 0 unspecified atom stereocenters. The minimum absolute atomic E-state index is 0.0468. The first kappa shape index (κ1) is 16.7. The summed E-state index contributed by atoms with van der Waals surface area (Å²) in [6.45, 7) is 3.98. The van der Waals surface area contributed by atoms with Crippen LogP contribution in [0.1, 0.15) is 12.5 Å². The largest absolute Gasteiger partial charge is 0.375 e. The number of carbonyl (C=O) groups excluding carboxylic acids is 1. The Kier molecular flexibility index (Phi) is 5.38. The lowest BCUT2D eigenvalue weighted by Gasteiger charge is -2.31. The maximum absolute atomic E-state index is 12.0. The van der Waals surface area contributed by atoms with E-state index in [2.05, 4.69) is 10.0 Å². The van der Waals surface area contributed by atoms with E-state index in [1.807, 2.05) is 6.92 Å². The smallest absolute Gasteiger partial charge is 0.317 e. The van der Waals surface area contributed by atoms with Crippen LogP contribution in [0.25, 0.3) is 0 Å². The third-order valence-electron chi connectivity index (χ3n) is 3.47. The lowest BCUT2D eigenvalue weighted by molar-refractivity contribution is -0.00351. The molecule has 0 saturated carbocycles. The minimum atomic E-state index is -3.43. The lowest BCUT2D eigenvalue weighted by atomic mass is 10.2. The van der Waals surface area contributed by atoms with E-state index in [4.69, 9.17) is 4.74 Å². The molecule has 122 valence electrons. The Morgan fingerprint density at radius 2 is 2.05 bits per heavy atom. The number of hydrogen-bond acceptors (Lipinski definition) is 4. The zero-order valence-electron chi connectivity index (χ0n) is 12.7. The first-order valence-electron chi connectivity index (χ1n) is 7.09. The van der Waals surface area contributed by atoms with Crippen molar-refractivity contribution in [1.82, 2.24) is 14.9 Å². The number of ether oxygens (including phenoxy) is 1. The van der Waals surface area contributed by atoms with Crippen LogP contribution in [-0.4, -0.2) is 52.2 Å². The molecule has 0 spiro atoms. The Morgan fingerprint density at radius 1 is 1.36 bits per heavy atom. The van der Waals surface area contributed by atoms with Crippen LogP contribution in [-0.2, 0) is 21.3 Å². The molecule has 0 aromatic heterocycles. The highest BCUT2D eigenvalue weighted by molar-refractivity contribution is 7.89. The van der Waals surface area contributed by atoms with Crippen molar-refractivity contribution in [3.05, 3.63) is 29.8 Å². The minimum Gasteiger partial charge on any atom is -0.375 e. The van der Waals surface area contributed by atoms with Crippen LogP contribution in [0.4, 0.5) is 4.79 Å². The van der Waals surface area contributed by atoms with Gasteiger partial charge >= 0.3 is 6.03 Å². The molecule has 1 aliphatic heterocycles. The SMILES string of the molecule is CNS(=O)(=O)c1ccc(CNC(=O)N2CCO[C@@H](C)C2)cc1. The number of rotatable bonds is 4. The van der Waals surface area contributed by atoms with Gasteiger partial charge in [0.2, 0.25) is 10.0 Å². The van der Waals surface area contributed by atoms with E-state index in [9.17, 15) is 13.2 Å². The van der Waals surface area contributed by atoms with Crippen LogP contribution in [0.5, 0.6) is 0 Å². The molecule has 1 fully saturated rings. The topological polar surface area (TPSA) is 87.7 Å². The molecule has 0 bridgehead atoms. The first-order valence-corrected chi connectivity index (χ1v) is 8.57. The maximum Gasteiger partial charge on any atom is 0.317 e. The molecule has 22 heavy (non-hydrogen) atoms. The molecule has 1 aromatic carbocycles. The quantitative estimate of drug-likeness (QED) is 0.844. The highest BCUT2D eigenvalue weighted by Gasteiger charge is 2.20. The van der Waals surface area contributed by atoms with Crippen LogP contribution < -0.4 is 10.0 Å². The Hall–Kier alpha value is -1.64. The van der Waals surface area contributed by atoms with E-state index in [1.165, 1.54) is 19.2 Å². The van der Waals surface area contributed by atoms with Crippen LogP contribution in [0.2, 0.25) is 0 Å². The molecule has 2 rings (SSSR count). The Balaban J connectivity index is 1.90. The summed E-state index contributed by atoms with van der Waals surface area (Å²) in [4.78, 5) is 14.0. The summed E-state index contributed by atoms with van der Waals surface area (Å²) >= 11 is 0. The van der Waals surface area contributed by atoms with E-state index in [-0.39, 0.29) is 17.0 Å². The van der Waals surface area contributed by atoms with Gasteiger partial charge in [-0.25, -0.2) is 17.9 Å². The van der Waals surface area contributed by atoms with Gasteiger partial charge in [0.1, 0.15) is 0 Å². The molecule has 0 aliphatic carbocycles. The Labute approximate surface area is 130 Å². The monoisotopic (exact) mass is 327 g/mol. The molecule has 1 heterocycles. The number of nitrogens with zero attached hydrogens (tertiary/aromatic N) is 1. The second-order valence-corrected chi connectivity index (χ2v) is 7.02. The fraction of sp³-hybridized carbons (Fsp3) is 0.500. The van der Waals surface area contributed by atoms with Crippen molar-refractivity contribution in [3.8, 4) is 0 Å². The number of hydrogen-bond donors (Lipinski definition) is 2. The van der Waals surface area contributed by atoms with E-state index in [1.54, 1.807) is 17.0 Å². The predicted molar refractivity (Wildman–Crippen MR) is 81.9 cm³/mol. The lowest BCUT2D eigenvalue weighted by Crippen LogP contribution is -2.48. The Bertz CT molecular complexity index is 615. The van der Waals surface area contributed by atoms with Crippen LogP contribution in [0, 0.1) is 0 Å². The fourth-order valence-electron chi connectivity index (χ4n) is 2.20. The molecule has 8 heteroatoms. The Morgan fingerprint density at radius 3 is 2.64 bits per heavy atom. The number of morpholine rings is 1. The normalized spacial score (nSPS) is 19.0. The number of benzene rings is 1. The zero-order valence-corrected chi connectivity index (χ0v) is 13.5.